The molecule has 2 bridgehead atoms. The van der Waals surface area contributed by atoms with E-state index in [4.69, 9.17) is 13.9 Å². The lowest BCUT2D eigenvalue weighted by Crippen LogP contribution is -2.62. The van der Waals surface area contributed by atoms with Crippen LogP contribution in [0, 0.1) is 5.92 Å². The highest BCUT2D eigenvalue weighted by atomic mass is 32.1. The Kier molecular flexibility index (Phi) is 4.43. The predicted molar refractivity (Wildman–Crippen MR) is 94.7 cm³/mol. The third-order valence-corrected chi connectivity index (χ3v) is 6.20. The van der Waals surface area contributed by atoms with E-state index < -0.39 is 0 Å². The molecule has 0 unspecified atom stereocenters. The van der Waals surface area contributed by atoms with Crippen molar-refractivity contribution < 1.29 is 18.7 Å². The van der Waals surface area contributed by atoms with Crippen LogP contribution in [0.5, 0.6) is 17.0 Å². The smallest absolute Gasteiger partial charge is 0.293 e. The number of nitrogens with zero attached hydrogens (tertiary/aromatic N) is 1. The normalized spacial score (nSPS) is 27.9. The molecule has 25 heavy (non-hydrogen) atoms. The van der Waals surface area contributed by atoms with Crippen molar-refractivity contribution in [2.45, 2.75) is 31.8 Å². The van der Waals surface area contributed by atoms with E-state index in [1.165, 1.54) is 31.3 Å². The van der Waals surface area contributed by atoms with Gasteiger partial charge in [0.2, 0.25) is 0 Å². The van der Waals surface area contributed by atoms with Gasteiger partial charge in [-0.2, -0.15) is 0 Å². The maximum atomic E-state index is 12.6. The maximum absolute atomic E-state index is 12.6. The second-order valence-corrected chi connectivity index (χ2v) is 7.66. The molecular formula is C18H22N2O4S. The highest BCUT2D eigenvalue weighted by Gasteiger charge is 2.40. The summed E-state index contributed by atoms with van der Waals surface area (Å²) in [7, 11) is 1.53. The molecule has 3 aliphatic heterocycles. The molecule has 3 aliphatic rings. The third-order valence-electron chi connectivity index (χ3n) is 5.24. The van der Waals surface area contributed by atoms with Gasteiger partial charge in [-0.15, -0.1) is 0 Å². The molecule has 5 heterocycles. The summed E-state index contributed by atoms with van der Waals surface area (Å²) in [6.07, 6.45) is 2.35. The second kappa shape index (κ2) is 6.72. The molecule has 2 aromatic heterocycles. The molecule has 5 rings (SSSR count). The molecular weight excluding hydrogens is 340 g/mol. The number of methoxy groups -OCH3 is 1. The summed E-state index contributed by atoms with van der Waals surface area (Å²) in [6.45, 7) is 4.52. The molecule has 2 aromatic rings. The number of rotatable bonds is 5. The Balaban J connectivity index is 1.40. The van der Waals surface area contributed by atoms with Gasteiger partial charge in [0.25, 0.3) is 17.8 Å². The molecule has 2 atom stereocenters. The number of carbonyl (C=O) groups is 1. The summed E-state index contributed by atoms with van der Waals surface area (Å²) in [4.78, 5) is 15.8. The Morgan fingerprint density at radius 1 is 1.24 bits per heavy atom. The van der Waals surface area contributed by atoms with Crippen molar-refractivity contribution in [1.82, 2.24) is 10.2 Å². The van der Waals surface area contributed by atoms with Crippen LogP contribution in [0.15, 0.2) is 28.7 Å². The molecule has 3 fully saturated rings. The van der Waals surface area contributed by atoms with E-state index >= 15 is 0 Å². The first-order valence-electron chi connectivity index (χ1n) is 8.60. The number of nitrogens with one attached hydrogen (secondary N) is 1. The van der Waals surface area contributed by atoms with Crippen LogP contribution < -0.4 is 14.8 Å². The number of hydrogen-bond acceptors (Lipinski definition) is 6. The van der Waals surface area contributed by atoms with Crippen LogP contribution in [-0.2, 0) is 0 Å². The van der Waals surface area contributed by atoms with Crippen LogP contribution in [0.2, 0.25) is 0 Å². The molecule has 0 aliphatic carbocycles. The predicted octanol–water partition coefficient (Wildman–Crippen LogP) is 3.35. The van der Waals surface area contributed by atoms with E-state index in [-0.39, 0.29) is 11.9 Å². The summed E-state index contributed by atoms with van der Waals surface area (Å²) in [6, 6.07) is 7.59. The summed E-state index contributed by atoms with van der Waals surface area (Å²) in [5.41, 5.74) is 0. The number of thiophene rings is 1. The molecule has 0 aromatic carbocycles. The Morgan fingerprint density at radius 2 is 2.00 bits per heavy atom. The van der Waals surface area contributed by atoms with Gasteiger partial charge in [0.1, 0.15) is 0 Å². The van der Waals surface area contributed by atoms with Crippen molar-refractivity contribution in [3.05, 3.63) is 29.1 Å². The molecule has 3 saturated heterocycles. The van der Waals surface area contributed by atoms with Gasteiger partial charge in [0.05, 0.1) is 12.0 Å². The van der Waals surface area contributed by atoms with Crippen LogP contribution in [-0.4, -0.2) is 43.1 Å². The largest absolute Gasteiger partial charge is 0.468 e. The number of piperidine rings is 3. The zero-order valence-electron chi connectivity index (χ0n) is 14.4. The monoisotopic (exact) mass is 362 g/mol. The van der Waals surface area contributed by atoms with E-state index in [9.17, 15) is 4.79 Å². The van der Waals surface area contributed by atoms with Crippen LogP contribution in [0.4, 0.5) is 0 Å². The van der Waals surface area contributed by atoms with Gasteiger partial charge in [0.15, 0.2) is 5.06 Å². The Morgan fingerprint density at radius 3 is 2.68 bits per heavy atom. The van der Waals surface area contributed by atoms with Crippen LogP contribution in [0.1, 0.15) is 29.4 Å². The van der Waals surface area contributed by atoms with Crippen LogP contribution >= 0.6 is 11.3 Å². The van der Waals surface area contributed by atoms with E-state index in [1.807, 2.05) is 0 Å². The molecule has 0 spiro atoms. The van der Waals surface area contributed by atoms with Gasteiger partial charge >= 0.3 is 0 Å². The number of ether oxygens (including phenoxy) is 2. The van der Waals surface area contributed by atoms with Crippen LogP contribution in [0.3, 0.4) is 0 Å². The Labute approximate surface area is 150 Å². The fourth-order valence-electron chi connectivity index (χ4n) is 3.83. The number of amides is 1. The first-order valence-corrected chi connectivity index (χ1v) is 9.42. The molecule has 0 saturated carbocycles. The third kappa shape index (κ3) is 3.26. The van der Waals surface area contributed by atoms with Gasteiger partial charge in [-0.25, -0.2) is 0 Å². The zero-order valence-corrected chi connectivity index (χ0v) is 15.2. The summed E-state index contributed by atoms with van der Waals surface area (Å²) in [5.74, 6) is 1.30. The van der Waals surface area contributed by atoms with Crippen LogP contribution in [0.25, 0.3) is 0 Å². The summed E-state index contributed by atoms with van der Waals surface area (Å²) >= 11 is 1.31. The number of furan rings is 1. The fourth-order valence-corrected chi connectivity index (χ4v) is 4.60. The quantitative estimate of drug-likeness (QED) is 0.884. The molecule has 1 N–H and O–H groups in total. The first-order chi connectivity index (χ1) is 12.1. The average molecular weight is 362 g/mol. The standard InChI is InChI=1S/C18H22N2O4S/c1-11-17(12-7-9-20(11)10-8-12)19-18(21)13-3-6-16(25-13)24-15-5-4-14(22-2)23-15/h3-6,11-12,17H,7-10H2,1-2H3,(H,19,21)/t11-,17-/m0/s1. The minimum absolute atomic E-state index is 0.0255. The molecule has 134 valence electrons. The van der Waals surface area contributed by atoms with Crippen molar-refractivity contribution in [3.63, 3.8) is 0 Å². The zero-order chi connectivity index (χ0) is 17.4. The van der Waals surface area contributed by atoms with Gasteiger partial charge in [0, 0.05) is 24.2 Å². The van der Waals surface area contributed by atoms with Crippen molar-refractivity contribution in [1.29, 1.82) is 0 Å². The SMILES string of the molecule is COc1ccc(Oc2ccc(C(=O)N[C@@H]3C4CCN(CC4)[C@H]3C)s2)o1. The van der Waals surface area contributed by atoms with Crippen molar-refractivity contribution in [2.24, 2.45) is 5.92 Å². The Bertz CT molecular complexity index is 746. The maximum Gasteiger partial charge on any atom is 0.293 e. The molecule has 1 amide bonds. The number of hydrogen-bond donors (Lipinski definition) is 1. The van der Waals surface area contributed by atoms with E-state index in [0.29, 0.717) is 33.8 Å². The molecule has 7 heteroatoms. The van der Waals surface area contributed by atoms with Crippen molar-refractivity contribution in [3.8, 4) is 17.0 Å². The van der Waals surface area contributed by atoms with Gasteiger partial charge in [-0.1, -0.05) is 11.3 Å². The first kappa shape index (κ1) is 16.5. The summed E-state index contributed by atoms with van der Waals surface area (Å²) in [5, 5.41) is 3.85. The molecule has 0 radical (unpaired) electrons. The van der Waals surface area contributed by atoms with E-state index in [2.05, 4.69) is 17.1 Å². The van der Waals surface area contributed by atoms with Crippen molar-refractivity contribution >= 4 is 17.2 Å². The van der Waals surface area contributed by atoms with E-state index in [0.717, 1.165) is 13.1 Å². The lowest BCUT2D eigenvalue weighted by molar-refractivity contribution is 0.0218. The highest BCUT2D eigenvalue weighted by molar-refractivity contribution is 7.15. The minimum Gasteiger partial charge on any atom is -0.468 e. The van der Waals surface area contributed by atoms with Gasteiger partial charge in [-0.05, 0) is 50.9 Å². The van der Waals surface area contributed by atoms with Crippen molar-refractivity contribution in [2.75, 3.05) is 20.2 Å². The lowest BCUT2D eigenvalue weighted by Gasteiger charge is -2.49. The van der Waals surface area contributed by atoms with E-state index in [1.54, 1.807) is 24.3 Å². The number of fused-ring (bicyclic) bond motifs is 3. The summed E-state index contributed by atoms with van der Waals surface area (Å²) < 4.78 is 16.0. The lowest BCUT2D eigenvalue weighted by atomic mass is 9.79. The average Bonchev–Trinajstić information content (AvgIpc) is 3.28. The number of carbonyl (C=O) groups excluding carboxylic acids is 1. The topological polar surface area (TPSA) is 63.9 Å². The fraction of sp³-hybridized carbons (Fsp3) is 0.500. The molecule has 6 nitrogen and oxygen atoms in total. The minimum atomic E-state index is -0.0255. The Hall–Kier alpha value is -1.99. The van der Waals surface area contributed by atoms with Gasteiger partial charge in [-0.3, -0.25) is 9.69 Å². The second-order valence-electron chi connectivity index (χ2n) is 6.61. The van der Waals surface area contributed by atoms with Gasteiger partial charge < -0.3 is 19.2 Å². The highest BCUT2D eigenvalue weighted by Crippen LogP contribution is 2.34.